The molecule has 0 aliphatic heterocycles. The predicted molar refractivity (Wildman–Crippen MR) is 372 cm³/mol. The summed E-state index contributed by atoms with van der Waals surface area (Å²) in [7, 11) is -9.92. The third-order valence-corrected chi connectivity index (χ3v) is 18.2. The average molecular weight is 1350 g/mol. The lowest BCUT2D eigenvalue weighted by Gasteiger charge is -2.21. The minimum Gasteiger partial charge on any atom is -0.462 e. The van der Waals surface area contributed by atoms with E-state index in [0.29, 0.717) is 37.5 Å². The van der Waals surface area contributed by atoms with Gasteiger partial charge in [0.1, 0.15) is 19.3 Å². The first kappa shape index (κ1) is 89.5. The minimum atomic E-state index is -4.96. The van der Waals surface area contributed by atoms with E-state index in [9.17, 15) is 43.2 Å². The molecule has 0 amide bonds. The molecule has 0 aromatic rings. The molecule has 3 N–H and O–H groups in total. The van der Waals surface area contributed by atoms with E-state index in [2.05, 4.69) is 72.8 Å². The molecule has 0 aliphatic carbocycles. The summed E-state index contributed by atoms with van der Waals surface area (Å²) in [6.07, 6.45) is 51.2. The van der Waals surface area contributed by atoms with Gasteiger partial charge in [0.25, 0.3) is 0 Å². The molecule has 17 nitrogen and oxygen atoms in total. The Kier molecular flexibility index (Phi) is 61.6. The number of carbonyl (C=O) groups excluding carboxylic acids is 4. The Bertz CT molecular complexity index is 1890. The molecule has 0 saturated heterocycles. The zero-order valence-electron chi connectivity index (χ0n) is 59.5. The number of aliphatic hydroxyl groups excluding tert-OH is 1. The summed E-state index contributed by atoms with van der Waals surface area (Å²) in [5, 5.41) is 10.6. The van der Waals surface area contributed by atoms with Gasteiger partial charge in [0.05, 0.1) is 26.4 Å². The average Bonchev–Trinajstić information content (AvgIpc) is 1.81. The molecule has 542 valence electrons. The normalized spacial score (nSPS) is 14.3. The summed E-state index contributed by atoms with van der Waals surface area (Å²) in [6, 6.07) is 0. The Morgan fingerprint density at radius 3 is 0.880 bits per heavy atom. The number of phosphoric ester groups is 2. The maximum atomic E-state index is 13.0. The van der Waals surface area contributed by atoms with Crippen LogP contribution in [-0.4, -0.2) is 96.7 Å². The monoisotopic (exact) mass is 1350 g/mol. The fourth-order valence-corrected chi connectivity index (χ4v) is 12.1. The highest BCUT2D eigenvalue weighted by Gasteiger charge is 2.30. The lowest BCUT2D eigenvalue weighted by molar-refractivity contribution is -0.161. The maximum absolute atomic E-state index is 13.0. The highest BCUT2D eigenvalue weighted by molar-refractivity contribution is 7.47. The van der Waals surface area contributed by atoms with E-state index >= 15 is 0 Å². The van der Waals surface area contributed by atoms with Gasteiger partial charge in [-0.2, -0.15) is 0 Å². The second-order valence-electron chi connectivity index (χ2n) is 27.1. The lowest BCUT2D eigenvalue weighted by atomic mass is 10.0. The number of carbonyl (C=O) groups is 4. The number of ether oxygens (including phenoxy) is 4. The Labute approximate surface area is 561 Å². The molecule has 0 fully saturated rings. The predicted octanol–water partition coefficient (Wildman–Crippen LogP) is 20.6. The first-order valence-electron chi connectivity index (χ1n) is 37.2. The molecule has 0 spiro atoms. The smallest absolute Gasteiger partial charge is 0.462 e. The van der Waals surface area contributed by atoms with Crippen LogP contribution in [0.4, 0.5) is 0 Å². The number of aliphatic hydroxyl groups is 1. The molecule has 0 aromatic heterocycles. The summed E-state index contributed by atoms with van der Waals surface area (Å²) in [5.41, 5.74) is 0. The van der Waals surface area contributed by atoms with E-state index in [4.69, 9.17) is 37.0 Å². The summed E-state index contributed by atoms with van der Waals surface area (Å²) >= 11 is 0. The molecule has 0 aromatic carbocycles. The Balaban J connectivity index is 5.21. The fourth-order valence-electron chi connectivity index (χ4n) is 10.5. The maximum Gasteiger partial charge on any atom is 0.472 e. The molecule has 3 unspecified atom stereocenters. The van der Waals surface area contributed by atoms with Crippen molar-refractivity contribution in [3.63, 3.8) is 0 Å². The molecule has 0 rings (SSSR count). The van der Waals surface area contributed by atoms with Crippen LogP contribution < -0.4 is 0 Å². The van der Waals surface area contributed by atoms with Crippen molar-refractivity contribution in [1.29, 1.82) is 0 Å². The Morgan fingerprint density at radius 2 is 0.587 bits per heavy atom. The Morgan fingerprint density at radius 1 is 0.337 bits per heavy atom. The number of unbranched alkanes of at least 4 members (excludes halogenated alkanes) is 34. The molecule has 0 radical (unpaired) electrons. The Hall–Kier alpha value is -2.46. The van der Waals surface area contributed by atoms with E-state index in [-0.39, 0.29) is 25.7 Å². The van der Waals surface area contributed by atoms with Gasteiger partial charge in [-0.25, -0.2) is 9.13 Å². The van der Waals surface area contributed by atoms with Gasteiger partial charge in [-0.3, -0.25) is 37.3 Å². The van der Waals surface area contributed by atoms with E-state index in [1.807, 2.05) is 0 Å². The SMILES string of the molecule is CCCCCC/C=C\C=C/CCCCCCCC(=O)O[C@H](COC(=O)CCCCCCCCC(C)C)COP(=O)(O)OCC(O)COP(=O)(O)OC[C@@H](COC(=O)CCCCCCCCC(C)C)OC(=O)CCCCCCCCCCCCCCCCCCC(C)C. The molecule has 5 atom stereocenters. The number of esters is 4. The molecule has 0 saturated carbocycles. The van der Waals surface area contributed by atoms with Crippen LogP contribution in [0.1, 0.15) is 344 Å². The van der Waals surface area contributed by atoms with Crippen molar-refractivity contribution in [2.75, 3.05) is 39.6 Å². The van der Waals surface area contributed by atoms with Crippen LogP contribution in [0.2, 0.25) is 0 Å². The standard InChI is InChI=1S/C73H138O17P2/c1-8-9-10-11-12-13-14-15-18-22-25-28-31-42-49-56-72(77)89-68(60-83-70(75)54-47-40-35-33-38-45-52-65(4)5)62-87-91(79,80)85-58-67(74)59-86-92(81,82)88-63-69(61-84-71(76)55-48-41-36-34-39-46-53-66(6)7)90-73(78)57-50-43-32-29-26-23-20-17-16-19-21-24-27-30-37-44-51-64(2)3/h13-15,18,64-69,74H,8-12,16-17,19-63H2,1-7H3,(H,79,80)(H,81,82)/b14-13-,18-15-/t67?,68-,69-/m1/s1. The molecule has 19 heteroatoms. The van der Waals surface area contributed by atoms with Gasteiger partial charge >= 0.3 is 39.5 Å². The van der Waals surface area contributed by atoms with Gasteiger partial charge in [0.15, 0.2) is 12.2 Å². The highest BCUT2D eigenvalue weighted by Crippen LogP contribution is 2.45. The first-order valence-corrected chi connectivity index (χ1v) is 40.2. The number of phosphoric acid groups is 2. The number of hydrogen-bond donors (Lipinski definition) is 3. The van der Waals surface area contributed by atoms with Crippen molar-refractivity contribution in [1.82, 2.24) is 0 Å². The summed E-state index contributed by atoms with van der Waals surface area (Å²) in [5.74, 6) is 0.00365. The van der Waals surface area contributed by atoms with Crippen molar-refractivity contribution in [3.8, 4) is 0 Å². The van der Waals surface area contributed by atoms with Crippen LogP contribution in [0.3, 0.4) is 0 Å². The van der Waals surface area contributed by atoms with E-state index < -0.39 is 97.5 Å². The quantitative estimate of drug-likeness (QED) is 0.0169. The van der Waals surface area contributed by atoms with Gasteiger partial charge in [-0.05, 0) is 69.1 Å². The zero-order chi connectivity index (χ0) is 68.0. The second-order valence-corrected chi connectivity index (χ2v) is 30.0. The summed E-state index contributed by atoms with van der Waals surface area (Å²) < 4.78 is 68.2. The van der Waals surface area contributed by atoms with Gasteiger partial charge in [-0.1, -0.05) is 291 Å². The van der Waals surface area contributed by atoms with Crippen LogP contribution in [0.25, 0.3) is 0 Å². The fraction of sp³-hybridized carbons (Fsp3) is 0.890. The largest absolute Gasteiger partial charge is 0.472 e. The lowest BCUT2D eigenvalue weighted by Crippen LogP contribution is -2.30. The third kappa shape index (κ3) is 66.2. The molecule has 0 aliphatic rings. The van der Waals surface area contributed by atoms with E-state index in [1.165, 1.54) is 128 Å². The number of rotatable bonds is 69. The topological polar surface area (TPSA) is 237 Å². The second kappa shape index (κ2) is 63.3. The van der Waals surface area contributed by atoms with Gasteiger partial charge < -0.3 is 33.8 Å². The molecule has 92 heavy (non-hydrogen) atoms. The van der Waals surface area contributed by atoms with Crippen LogP contribution in [0.15, 0.2) is 24.3 Å². The number of allylic oxidation sites excluding steroid dienone is 4. The summed E-state index contributed by atoms with van der Waals surface area (Å²) in [4.78, 5) is 72.5. The van der Waals surface area contributed by atoms with E-state index in [1.54, 1.807) is 0 Å². The highest BCUT2D eigenvalue weighted by atomic mass is 31.2. The van der Waals surface area contributed by atoms with Crippen LogP contribution in [0.5, 0.6) is 0 Å². The van der Waals surface area contributed by atoms with Crippen LogP contribution >= 0.6 is 15.6 Å². The van der Waals surface area contributed by atoms with Gasteiger partial charge in [-0.15, -0.1) is 0 Å². The third-order valence-electron chi connectivity index (χ3n) is 16.3. The van der Waals surface area contributed by atoms with E-state index in [0.717, 1.165) is 121 Å². The van der Waals surface area contributed by atoms with Crippen LogP contribution in [0, 0.1) is 17.8 Å². The molecular weight excluding hydrogens is 1210 g/mol. The van der Waals surface area contributed by atoms with Crippen molar-refractivity contribution in [3.05, 3.63) is 24.3 Å². The number of hydrogen-bond acceptors (Lipinski definition) is 15. The van der Waals surface area contributed by atoms with Crippen LogP contribution in [-0.2, 0) is 65.4 Å². The van der Waals surface area contributed by atoms with Gasteiger partial charge in [0.2, 0.25) is 0 Å². The zero-order valence-corrected chi connectivity index (χ0v) is 61.3. The van der Waals surface area contributed by atoms with Crippen molar-refractivity contribution < 1.29 is 80.2 Å². The summed E-state index contributed by atoms with van der Waals surface area (Å²) in [6.45, 7) is 11.7. The molecule has 0 heterocycles. The van der Waals surface area contributed by atoms with Crippen molar-refractivity contribution >= 4 is 39.5 Å². The molecule has 0 bridgehead atoms. The van der Waals surface area contributed by atoms with Gasteiger partial charge in [0, 0.05) is 25.7 Å². The van der Waals surface area contributed by atoms with Crippen molar-refractivity contribution in [2.45, 2.75) is 362 Å². The molecular formula is C73H138O17P2. The van der Waals surface area contributed by atoms with Crippen molar-refractivity contribution in [2.24, 2.45) is 17.8 Å². The minimum absolute atomic E-state index is 0.0835. The first-order chi connectivity index (χ1) is 44.2.